The van der Waals surface area contributed by atoms with Crippen molar-refractivity contribution in [2.45, 2.75) is 96.8 Å². The van der Waals surface area contributed by atoms with E-state index in [0.717, 1.165) is 19.3 Å². The number of rotatable bonds is 15. The van der Waals surface area contributed by atoms with Crippen LogP contribution in [0.2, 0.25) is 0 Å². The summed E-state index contributed by atoms with van der Waals surface area (Å²) in [6.45, 7) is 2.24. The van der Waals surface area contributed by atoms with Crippen LogP contribution in [0.4, 0.5) is 8.39 Å². The first-order chi connectivity index (χ1) is 9.56. The Labute approximate surface area is 124 Å². The summed E-state index contributed by atoms with van der Waals surface area (Å²) >= 11 is 0. The fourth-order valence-electron chi connectivity index (χ4n) is 2.49. The summed E-state index contributed by atoms with van der Waals surface area (Å²) in [4.78, 5) is 0. The van der Waals surface area contributed by atoms with Crippen LogP contribution in [0.5, 0.6) is 0 Å². The van der Waals surface area contributed by atoms with E-state index in [4.69, 9.17) is 0 Å². The van der Waals surface area contributed by atoms with E-state index in [1.54, 1.807) is 0 Å². The summed E-state index contributed by atoms with van der Waals surface area (Å²) in [6, 6.07) is 0. The first kappa shape index (κ1) is 20.1. The van der Waals surface area contributed by atoms with Gasteiger partial charge in [0.1, 0.15) is 0 Å². The predicted octanol–water partition coefficient (Wildman–Crippen LogP) is 7.60. The van der Waals surface area contributed by atoms with Gasteiger partial charge in [0.2, 0.25) is 0 Å². The Morgan fingerprint density at radius 1 is 0.600 bits per heavy atom. The molecule has 0 aliphatic carbocycles. The lowest BCUT2D eigenvalue weighted by atomic mass is 10.0. The van der Waals surface area contributed by atoms with Gasteiger partial charge in [0, 0.05) is 0 Å². The van der Waals surface area contributed by atoms with E-state index in [1.165, 1.54) is 64.2 Å². The van der Waals surface area contributed by atoms with E-state index in [1.807, 2.05) is 0 Å². The Balaban J connectivity index is 3.01. The molecular formula is C16H33F2OP. The second-order valence-corrected chi connectivity index (χ2v) is 7.48. The Morgan fingerprint density at radius 3 is 1.20 bits per heavy atom. The van der Waals surface area contributed by atoms with E-state index in [0.29, 0.717) is 6.42 Å². The second-order valence-electron chi connectivity index (χ2n) is 5.89. The molecule has 0 bridgehead atoms. The molecule has 0 radical (unpaired) electrons. The van der Waals surface area contributed by atoms with Crippen LogP contribution in [0.3, 0.4) is 0 Å². The SMILES string of the molecule is CCCCCCCCCCCCCCCCP(=O)(F)F. The molecule has 0 atom stereocenters. The zero-order valence-electron chi connectivity index (χ0n) is 13.2. The van der Waals surface area contributed by atoms with Crippen molar-refractivity contribution < 1.29 is 13.0 Å². The summed E-state index contributed by atoms with van der Waals surface area (Å²) in [6.07, 6.45) is 16.4. The summed E-state index contributed by atoms with van der Waals surface area (Å²) in [5, 5.41) is 0. The molecule has 0 heterocycles. The smallest absolute Gasteiger partial charge is 0.250 e. The zero-order chi connectivity index (χ0) is 15.1. The molecule has 0 unspecified atom stereocenters. The number of hydrogen-bond acceptors (Lipinski definition) is 1. The highest BCUT2D eigenvalue weighted by Gasteiger charge is 2.16. The number of halogens is 2. The summed E-state index contributed by atoms with van der Waals surface area (Å²) < 4.78 is 34.4. The third-order valence-corrected chi connectivity index (χ3v) is 4.61. The molecule has 0 spiro atoms. The minimum absolute atomic E-state index is 0.384. The minimum Gasteiger partial charge on any atom is -0.250 e. The number of unbranched alkanes of at least 4 members (excludes halogenated alkanes) is 13. The van der Waals surface area contributed by atoms with E-state index >= 15 is 0 Å². The van der Waals surface area contributed by atoms with Gasteiger partial charge in [-0.1, -0.05) is 90.4 Å². The molecule has 0 aliphatic heterocycles. The lowest BCUT2D eigenvalue weighted by molar-refractivity contribution is 0.488. The van der Waals surface area contributed by atoms with Crippen LogP contribution in [-0.2, 0) is 4.57 Å². The fraction of sp³-hybridized carbons (Fsp3) is 1.00. The van der Waals surface area contributed by atoms with Crippen LogP contribution in [0.1, 0.15) is 96.8 Å². The molecule has 0 aromatic heterocycles. The lowest BCUT2D eigenvalue weighted by Gasteiger charge is -2.03. The third kappa shape index (κ3) is 18.1. The Kier molecular flexibility index (Phi) is 14.1. The van der Waals surface area contributed by atoms with Gasteiger partial charge in [-0.2, -0.15) is 8.39 Å². The van der Waals surface area contributed by atoms with Crippen LogP contribution in [0.15, 0.2) is 0 Å². The summed E-state index contributed by atoms with van der Waals surface area (Å²) in [7, 11) is -4.75. The van der Waals surface area contributed by atoms with Gasteiger partial charge in [-0.3, -0.25) is 4.57 Å². The van der Waals surface area contributed by atoms with Crippen molar-refractivity contribution in [1.29, 1.82) is 0 Å². The molecule has 0 aromatic rings. The van der Waals surface area contributed by atoms with Crippen LogP contribution < -0.4 is 0 Å². The van der Waals surface area contributed by atoms with Crippen molar-refractivity contribution in [1.82, 2.24) is 0 Å². The highest BCUT2D eigenvalue weighted by Crippen LogP contribution is 2.49. The van der Waals surface area contributed by atoms with Crippen LogP contribution in [-0.4, -0.2) is 6.16 Å². The molecule has 0 N–H and O–H groups in total. The fourth-order valence-corrected chi connectivity index (χ4v) is 3.08. The Bertz CT molecular complexity index is 241. The molecule has 0 saturated carbocycles. The molecule has 0 aromatic carbocycles. The monoisotopic (exact) mass is 310 g/mol. The van der Waals surface area contributed by atoms with Crippen molar-refractivity contribution in [3.63, 3.8) is 0 Å². The van der Waals surface area contributed by atoms with Gasteiger partial charge in [-0.05, 0) is 6.42 Å². The third-order valence-electron chi connectivity index (χ3n) is 3.77. The standard InChI is InChI=1S/C16H33F2OP/c1-2-3-4-5-6-7-8-9-10-11-12-13-14-15-16-20(17,18)19/h2-16H2,1H3. The van der Waals surface area contributed by atoms with E-state index in [9.17, 15) is 13.0 Å². The first-order valence-corrected chi connectivity index (χ1v) is 10.2. The van der Waals surface area contributed by atoms with Crippen molar-refractivity contribution in [3.8, 4) is 0 Å². The maximum absolute atomic E-state index is 12.1. The van der Waals surface area contributed by atoms with Gasteiger partial charge in [0.25, 0.3) is 0 Å². The Hall–Kier alpha value is 0.0900. The average Bonchev–Trinajstić information content (AvgIpc) is 2.38. The number of hydrogen-bond donors (Lipinski definition) is 0. The van der Waals surface area contributed by atoms with E-state index in [-0.39, 0.29) is 6.16 Å². The quantitative estimate of drug-likeness (QED) is 0.225. The molecule has 0 saturated heterocycles. The highest BCUT2D eigenvalue weighted by molar-refractivity contribution is 7.52. The van der Waals surface area contributed by atoms with Crippen LogP contribution >= 0.6 is 7.76 Å². The molecule has 1 nitrogen and oxygen atoms in total. The lowest BCUT2D eigenvalue weighted by Crippen LogP contribution is -1.85. The van der Waals surface area contributed by atoms with Gasteiger partial charge in [0.05, 0.1) is 6.16 Å². The molecule has 0 amide bonds. The van der Waals surface area contributed by atoms with Crippen molar-refractivity contribution in [2.24, 2.45) is 0 Å². The topological polar surface area (TPSA) is 17.1 Å². The van der Waals surface area contributed by atoms with Gasteiger partial charge in [-0.25, -0.2) is 0 Å². The zero-order valence-corrected chi connectivity index (χ0v) is 14.1. The van der Waals surface area contributed by atoms with Gasteiger partial charge in [0.15, 0.2) is 0 Å². The van der Waals surface area contributed by atoms with Crippen molar-refractivity contribution in [2.75, 3.05) is 6.16 Å². The Morgan fingerprint density at radius 2 is 0.900 bits per heavy atom. The minimum atomic E-state index is -4.75. The first-order valence-electron chi connectivity index (χ1n) is 8.54. The maximum atomic E-state index is 12.1. The predicted molar refractivity (Wildman–Crippen MR) is 85.0 cm³/mol. The molecule has 0 rings (SSSR count). The highest BCUT2D eigenvalue weighted by atomic mass is 31.2. The molecule has 4 heteroatoms. The van der Waals surface area contributed by atoms with Crippen molar-refractivity contribution in [3.05, 3.63) is 0 Å². The summed E-state index contributed by atoms with van der Waals surface area (Å²) in [5.74, 6) is 0. The van der Waals surface area contributed by atoms with Gasteiger partial charge < -0.3 is 0 Å². The largest absolute Gasteiger partial charge is 0.402 e. The van der Waals surface area contributed by atoms with Crippen molar-refractivity contribution >= 4 is 7.76 Å². The van der Waals surface area contributed by atoms with Gasteiger partial charge >= 0.3 is 7.76 Å². The normalized spacial score (nSPS) is 11.9. The van der Waals surface area contributed by atoms with Crippen LogP contribution in [0, 0.1) is 0 Å². The molecule has 122 valence electrons. The van der Waals surface area contributed by atoms with E-state index < -0.39 is 7.76 Å². The van der Waals surface area contributed by atoms with Crippen LogP contribution in [0.25, 0.3) is 0 Å². The van der Waals surface area contributed by atoms with Gasteiger partial charge in [-0.15, -0.1) is 0 Å². The molecular weight excluding hydrogens is 277 g/mol. The molecule has 20 heavy (non-hydrogen) atoms. The average molecular weight is 310 g/mol. The van der Waals surface area contributed by atoms with E-state index in [2.05, 4.69) is 6.92 Å². The second kappa shape index (κ2) is 14.0. The maximum Gasteiger partial charge on any atom is 0.402 e. The molecule has 0 aliphatic rings. The summed E-state index contributed by atoms with van der Waals surface area (Å²) in [5.41, 5.74) is 0. The molecule has 0 fully saturated rings.